The van der Waals surface area contributed by atoms with Crippen molar-refractivity contribution in [2.75, 3.05) is 0 Å². The molecule has 1 aromatic carbocycles. The Balaban J connectivity index is 2.27. The highest BCUT2D eigenvalue weighted by Gasteiger charge is 2.08. The highest BCUT2D eigenvalue weighted by molar-refractivity contribution is 9.10. The third kappa shape index (κ3) is 1.76. The minimum atomic E-state index is 0.991. The number of aryl methyl sites for hydroxylation is 1. The fourth-order valence-corrected chi connectivity index (χ4v) is 2.26. The van der Waals surface area contributed by atoms with Gasteiger partial charge >= 0.3 is 0 Å². The normalized spacial score (nSPS) is 10.9. The molecular formula is C14H11BrN2. The van der Waals surface area contributed by atoms with Crippen LogP contribution in [-0.2, 0) is 0 Å². The lowest BCUT2D eigenvalue weighted by atomic mass is 10.2. The van der Waals surface area contributed by atoms with Crippen LogP contribution in [0.15, 0.2) is 53.1 Å². The molecule has 3 heteroatoms. The van der Waals surface area contributed by atoms with Gasteiger partial charge in [0.1, 0.15) is 5.82 Å². The summed E-state index contributed by atoms with van der Waals surface area (Å²) in [5.41, 5.74) is 3.34. The predicted octanol–water partition coefficient (Wildman–Crippen LogP) is 4.07. The van der Waals surface area contributed by atoms with Gasteiger partial charge in [-0.2, -0.15) is 0 Å². The lowest BCUT2D eigenvalue weighted by Crippen LogP contribution is -1.87. The maximum absolute atomic E-state index is 4.64. The van der Waals surface area contributed by atoms with Crippen molar-refractivity contribution in [3.8, 4) is 11.4 Å². The van der Waals surface area contributed by atoms with Gasteiger partial charge in [0.25, 0.3) is 0 Å². The van der Waals surface area contributed by atoms with Crippen LogP contribution in [0.4, 0.5) is 0 Å². The highest BCUT2D eigenvalue weighted by atomic mass is 79.9. The van der Waals surface area contributed by atoms with Gasteiger partial charge in [0.2, 0.25) is 0 Å². The van der Waals surface area contributed by atoms with Gasteiger partial charge in [-0.3, -0.25) is 4.40 Å². The Morgan fingerprint density at radius 2 is 1.82 bits per heavy atom. The topological polar surface area (TPSA) is 17.3 Å². The van der Waals surface area contributed by atoms with E-state index in [0.717, 1.165) is 27.1 Å². The van der Waals surface area contributed by atoms with Crippen molar-refractivity contribution in [1.29, 1.82) is 0 Å². The van der Waals surface area contributed by atoms with E-state index in [1.54, 1.807) is 0 Å². The molecule has 3 aromatic rings. The lowest BCUT2D eigenvalue weighted by molar-refractivity contribution is 1.16. The maximum atomic E-state index is 4.64. The molecule has 2 aromatic heterocycles. The molecule has 0 aliphatic carbocycles. The fraction of sp³-hybridized carbons (Fsp3) is 0.0714. The van der Waals surface area contributed by atoms with Crippen LogP contribution in [-0.4, -0.2) is 9.38 Å². The Hall–Kier alpha value is -1.61. The van der Waals surface area contributed by atoms with Crippen molar-refractivity contribution in [3.05, 3.63) is 58.8 Å². The van der Waals surface area contributed by atoms with Crippen LogP contribution in [0.1, 0.15) is 5.69 Å². The van der Waals surface area contributed by atoms with Crippen LogP contribution >= 0.6 is 15.9 Å². The number of fused-ring (bicyclic) bond motifs is 1. The van der Waals surface area contributed by atoms with E-state index >= 15 is 0 Å². The summed E-state index contributed by atoms with van der Waals surface area (Å²) in [4.78, 5) is 4.64. The highest BCUT2D eigenvalue weighted by Crippen LogP contribution is 2.23. The summed E-state index contributed by atoms with van der Waals surface area (Å²) in [6.45, 7) is 2.04. The average molecular weight is 287 g/mol. The molecule has 17 heavy (non-hydrogen) atoms. The number of rotatable bonds is 1. The van der Waals surface area contributed by atoms with E-state index in [0.29, 0.717) is 0 Å². The van der Waals surface area contributed by atoms with Gasteiger partial charge in [-0.05, 0) is 31.2 Å². The van der Waals surface area contributed by atoms with Crippen LogP contribution < -0.4 is 0 Å². The molecule has 0 N–H and O–H groups in total. The van der Waals surface area contributed by atoms with Gasteiger partial charge in [0.05, 0.1) is 11.2 Å². The zero-order valence-electron chi connectivity index (χ0n) is 9.39. The van der Waals surface area contributed by atoms with Crippen molar-refractivity contribution >= 4 is 21.4 Å². The number of hydrogen-bond donors (Lipinski definition) is 0. The number of nitrogens with zero attached hydrogens (tertiary/aromatic N) is 2. The quantitative estimate of drug-likeness (QED) is 0.659. The van der Waals surface area contributed by atoms with E-state index in [2.05, 4.69) is 43.5 Å². The third-order valence-electron chi connectivity index (χ3n) is 2.83. The molecule has 0 aliphatic heterocycles. The SMILES string of the molecule is Cc1nc(-c2ccc(Br)cc2)n2ccccc12. The summed E-state index contributed by atoms with van der Waals surface area (Å²) in [7, 11) is 0. The molecular weight excluding hydrogens is 276 g/mol. The first kappa shape index (κ1) is 10.5. The van der Waals surface area contributed by atoms with Gasteiger partial charge in [0, 0.05) is 16.2 Å². The smallest absolute Gasteiger partial charge is 0.144 e. The van der Waals surface area contributed by atoms with E-state index in [1.807, 2.05) is 37.4 Å². The fourth-order valence-electron chi connectivity index (χ4n) is 2.00. The summed E-state index contributed by atoms with van der Waals surface area (Å²) in [6.07, 6.45) is 2.05. The van der Waals surface area contributed by atoms with E-state index in [4.69, 9.17) is 0 Å². The van der Waals surface area contributed by atoms with Crippen molar-refractivity contribution in [1.82, 2.24) is 9.38 Å². The second kappa shape index (κ2) is 4.00. The van der Waals surface area contributed by atoms with Gasteiger partial charge in [-0.15, -0.1) is 0 Å². The molecule has 0 saturated carbocycles. The standard InChI is InChI=1S/C14H11BrN2/c1-10-13-4-2-3-9-17(13)14(16-10)11-5-7-12(15)8-6-11/h2-9H,1H3. The van der Waals surface area contributed by atoms with Crippen LogP contribution in [0.5, 0.6) is 0 Å². The Kier molecular flexibility index (Phi) is 2.48. The molecule has 0 amide bonds. The maximum Gasteiger partial charge on any atom is 0.144 e. The number of hydrogen-bond acceptors (Lipinski definition) is 1. The third-order valence-corrected chi connectivity index (χ3v) is 3.36. The molecule has 2 heterocycles. The second-order valence-electron chi connectivity index (χ2n) is 3.98. The molecule has 84 valence electrons. The molecule has 0 radical (unpaired) electrons. The van der Waals surface area contributed by atoms with Gasteiger partial charge in [-0.1, -0.05) is 34.1 Å². The van der Waals surface area contributed by atoms with E-state index in [-0.39, 0.29) is 0 Å². The van der Waals surface area contributed by atoms with E-state index in [9.17, 15) is 0 Å². The van der Waals surface area contributed by atoms with Gasteiger partial charge < -0.3 is 0 Å². The summed E-state index contributed by atoms with van der Waals surface area (Å²) in [5, 5.41) is 0. The van der Waals surface area contributed by atoms with Crippen molar-refractivity contribution in [2.45, 2.75) is 6.92 Å². The van der Waals surface area contributed by atoms with Crippen LogP contribution in [0.25, 0.3) is 16.9 Å². The Morgan fingerprint density at radius 1 is 1.06 bits per heavy atom. The first-order valence-corrected chi connectivity index (χ1v) is 6.24. The largest absolute Gasteiger partial charge is 0.300 e. The van der Waals surface area contributed by atoms with E-state index in [1.165, 1.54) is 0 Å². The Labute approximate surface area is 108 Å². The molecule has 0 bridgehead atoms. The van der Waals surface area contributed by atoms with Crippen molar-refractivity contribution < 1.29 is 0 Å². The second-order valence-corrected chi connectivity index (χ2v) is 4.90. The zero-order chi connectivity index (χ0) is 11.8. The first-order valence-electron chi connectivity index (χ1n) is 5.45. The molecule has 0 unspecified atom stereocenters. The van der Waals surface area contributed by atoms with Crippen molar-refractivity contribution in [2.24, 2.45) is 0 Å². The Bertz CT molecular complexity index is 668. The number of benzene rings is 1. The van der Waals surface area contributed by atoms with Crippen LogP contribution in [0, 0.1) is 6.92 Å². The van der Waals surface area contributed by atoms with Crippen LogP contribution in [0.3, 0.4) is 0 Å². The molecule has 0 spiro atoms. The number of halogens is 1. The molecule has 0 saturated heterocycles. The summed E-state index contributed by atoms with van der Waals surface area (Å²) >= 11 is 3.45. The van der Waals surface area contributed by atoms with Gasteiger partial charge in [0.15, 0.2) is 0 Å². The van der Waals surface area contributed by atoms with Gasteiger partial charge in [-0.25, -0.2) is 4.98 Å². The molecule has 0 atom stereocenters. The number of imidazole rings is 1. The summed E-state index contributed by atoms with van der Waals surface area (Å²) < 4.78 is 3.21. The van der Waals surface area contributed by atoms with Crippen molar-refractivity contribution in [3.63, 3.8) is 0 Å². The molecule has 2 nitrogen and oxygen atoms in total. The minimum absolute atomic E-state index is 0.991. The van der Waals surface area contributed by atoms with Crippen LogP contribution in [0.2, 0.25) is 0 Å². The lowest BCUT2D eigenvalue weighted by Gasteiger charge is -2.01. The molecule has 0 aliphatic rings. The number of pyridine rings is 1. The molecule has 3 rings (SSSR count). The summed E-state index contributed by atoms with van der Waals surface area (Å²) in [5.74, 6) is 0.991. The zero-order valence-corrected chi connectivity index (χ0v) is 11.0. The molecule has 0 fully saturated rings. The predicted molar refractivity (Wildman–Crippen MR) is 73.1 cm³/mol. The first-order chi connectivity index (χ1) is 8.25. The Morgan fingerprint density at radius 3 is 2.59 bits per heavy atom. The average Bonchev–Trinajstić information content (AvgIpc) is 2.69. The monoisotopic (exact) mass is 286 g/mol. The number of aromatic nitrogens is 2. The minimum Gasteiger partial charge on any atom is -0.300 e. The van der Waals surface area contributed by atoms with E-state index < -0.39 is 0 Å². The summed E-state index contributed by atoms with van der Waals surface area (Å²) in [6, 6.07) is 14.4.